The third-order valence-electron chi connectivity index (χ3n) is 2.95. The van der Waals surface area contributed by atoms with Crippen molar-refractivity contribution in [1.82, 2.24) is 9.55 Å². The summed E-state index contributed by atoms with van der Waals surface area (Å²) >= 11 is 2.92. The number of hydrogen-bond acceptors (Lipinski definition) is 3. The quantitative estimate of drug-likeness (QED) is 0.592. The Balaban J connectivity index is 2.35. The van der Waals surface area contributed by atoms with Crippen LogP contribution in [0.4, 0.5) is 13.2 Å². The number of carbonyl (C=O) groups excluding carboxylic acids is 1. The highest BCUT2D eigenvalue weighted by molar-refractivity contribution is 9.09. The number of aromatic nitrogens is 2. The first-order valence-corrected chi connectivity index (χ1v) is 7.33. The summed E-state index contributed by atoms with van der Waals surface area (Å²) in [5.41, 5.74) is 0.430. The Labute approximate surface area is 133 Å². The second-order valence-electron chi connectivity index (χ2n) is 4.48. The molecule has 0 fully saturated rings. The molecule has 0 atom stereocenters. The maximum atomic E-state index is 13.0. The predicted molar refractivity (Wildman–Crippen MR) is 77.4 cm³/mol. The average molecular weight is 377 g/mol. The van der Waals surface area contributed by atoms with Gasteiger partial charge in [-0.25, -0.2) is 4.98 Å². The van der Waals surface area contributed by atoms with Gasteiger partial charge in [0.1, 0.15) is 11.4 Å². The van der Waals surface area contributed by atoms with Gasteiger partial charge in [0, 0.05) is 12.7 Å². The minimum atomic E-state index is -4.63. The van der Waals surface area contributed by atoms with Crippen LogP contribution in [-0.2, 0) is 12.7 Å². The van der Waals surface area contributed by atoms with Gasteiger partial charge in [-0.05, 0) is 17.7 Å². The highest BCUT2D eigenvalue weighted by Crippen LogP contribution is 2.29. The molecule has 118 valence electrons. The number of imidazole rings is 1. The van der Waals surface area contributed by atoms with Gasteiger partial charge in [0.15, 0.2) is 5.78 Å². The first-order chi connectivity index (χ1) is 10.3. The second-order valence-corrected chi connectivity index (χ2v) is 5.04. The Hall–Kier alpha value is -1.83. The Morgan fingerprint density at radius 2 is 1.95 bits per heavy atom. The number of alkyl halides is 4. The largest absolute Gasteiger partial charge is 0.497 e. The molecule has 0 radical (unpaired) electrons. The van der Waals surface area contributed by atoms with Crippen molar-refractivity contribution in [2.24, 2.45) is 0 Å². The average Bonchev–Trinajstić information content (AvgIpc) is 2.91. The van der Waals surface area contributed by atoms with E-state index in [0.29, 0.717) is 11.3 Å². The molecule has 0 bridgehead atoms. The Bertz CT molecular complexity index is 666. The number of benzene rings is 1. The molecular formula is C14H12BrF3N2O2. The monoisotopic (exact) mass is 376 g/mol. The van der Waals surface area contributed by atoms with Crippen molar-refractivity contribution in [1.29, 1.82) is 0 Å². The lowest BCUT2D eigenvalue weighted by atomic mass is 10.2. The minimum Gasteiger partial charge on any atom is -0.497 e. The van der Waals surface area contributed by atoms with E-state index in [1.807, 2.05) is 0 Å². The van der Waals surface area contributed by atoms with Crippen molar-refractivity contribution in [2.75, 3.05) is 12.4 Å². The predicted octanol–water partition coefficient (Wildman–Crippen LogP) is 3.54. The summed E-state index contributed by atoms with van der Waals surface area (Å²) in [6.07, 6.45) is -3.51. The van der Waals surface area contributed by atoms with E-state index in [-0.39, 0.29) is 17.6 Å². The van der Waals surface area contributed by atoms with E-state index in [2.05, 4.69) is 20.9 Å². The van der Waals surface area contributed by atoms with Crippen LogP contribution in [0.15, 0.2) is 30.5 Å². The molecule has 2 aromatic rings. The van der Waals surface area contributed by atoms with Crippen LogP contribution in [0.1, 0.15) is 21.9 Å². The smallest absolute Gasteiger partial charge is 0.449 e. The molecule has 1 heterocycles. The number of Topliss-reactive ketones (excluding diaryl/α,β-unsaturated/α-hetero) is 1. The minimum absolute atomic E-state index is 0.0403. The van der Waals surface area contributed by atoms with Crippen molar-refractivity contribution >= 4 is 21.7 Å². The van der Waals surface area contributed by atoms with Gasteiger partial charge < -0.3 is 9.30 Å². The van der Waals surface area contributed by atoms with Crippen molar-refractivity contribution in [2.45, 2.75) is 12.7 Å². The number of rotatable bonds is 5. The van der Waals surface area contributed by atoms with E-state index < -0.39 is 17.8 Å². The lowest BCUT2D eigenvalue weighted by Crippen LogP contribution is -2.15. The summed E-state index contributed by atoms with van der Waals surface area (Å²) in [5, 5.41) is -0.0795. The van der Waals surface area contributed by atoms with Crippen LogP contribution in [0, 0.1) is 0 Å². The first kappa shape index (κ1) is 16.5. The molecule has 4 nitrogen and oxygen atoms in total. The van der Waals surface area contributed by atoms with Crippen molar-refractivity contribution in [3.8, 4) is 5.75 Å². The molecule has 2 rings (SSSR count). The molecule has 0 aliphatic heterocycles. The summed E-state index contributed by atoms with van der Waals surface area (Å²) in [4.78, 5) is 15.0. The molecule has 0 aliphatic carbocycles. The normalized spacial score (nSPS) is 11.5. The van der Waals surface area contributed by atoms with Gasteiger partial charge in [-0.3, -0.25) is 4.79 Å². The molecule has 8 heteroatoms. The van der Waals surface area contributed by atoms with Gasteiger partial charge in [-0.15, -0.1) is 0 Å². The second kappa shape index (κ2) is 6.51. The molecular weight excluding hydrogens is 365 g/mol. The molecule has 1 aromatic heterocycles. The molecule has 0 unspecified atom stereocenters. The zero-order chi connectivity index (χ0) is 16.3. The Morgan fingerprint density at radius 1 is 1.32 bits per heavy atom. The van der Waals surface area contributed by atoms with Crippen LogP contribution in [-0.4, -0.2) is 27.8 Å². The molecule has 0 aliphatic rings. The van der Waals surface area contributed by atoms with Crippen molar-refractivity contribution in [3.63, 3.8) is 0 Å². The number of hydrogen-bond donors (Lipinski definition) is 0. The van der Waals surface area contributed by atoms with Gasteiger partial charge in [-0.1, -0.05) is 28.1 Å². The van der Waals surface area contributed by atoms with Gasteiger partial charge >= 0.3 is 6.18 Å². The first-order valence-electron chi connectivity index (χ1n) is 6.21. The summed E-state index contributed by atoms with van der Waals surface area (Å²) in [6.45, 7) is -0.0403. The number of nitrogens with zero attached hydrogens (tertiary/aromatic N) is 2. The Morgan fingerprint density at radius 3 is 2.45 bits per heavy atom. The number of carbonyl (C=O) groups is 1. The van der Waals surface area contributed by atoms with Crippen LogP contribution in [0.5, 0.6) is 5.75 Å². The third kappa shape index (κ3) is 3.68. The topological polar surface area (TPSA) is 44.1 Å². The summed E-state index contributed by atoms with van der Waals surface area (Å²) in [6, 6.07) is 6.63. The van der Waals surface area contributed by atoms with Crippen LogP contribution >= 0.6 is 15.9 Å². The molecule has 0 amide bonds. The molecule has 1 aromatic carbocycles. The van der Waals surface area contributed by atoms with E-state index >= 15 is 0 Å². The highest BCUT2D eigenvalue weighted by Gasteiger charge is 2.37. The Kier molecular flexibility index (Phi) is 4.90. The fourth-order valence-electron chi connectivity index (χ4n) is 1.89. The number of halogens is 4. The number of ketones is 1. The zero-order valence-electron chi connectivity index (χ0n) is 11.5. The zero-order valence-corrected chi connectivity index (χ0v) is 13.1. The van der Waals surface area contributed by atoms with E-state index in [1.54, 1.807) is 24.3 Å². The van der Waals surface area contributed by atoms with Gasteiger partial charge in [0.05, 0.1) is 12.4 Å². The highest BCUT2D eigenvalue weighted by atomic mass is 79.9. The maximum Gasteiger partial charge on any atom is 0.449 e. The molecule has 0 saturated heterocycles. The lowest BCUT2D eigenvalue weighted by Gasteiger charge is -2.10. The maximum absolute atomic E-state index is 13.0. The van der Waals surface area contributed by atoms with Crippen molar-refractivity contribution < 1.29 is 22.7 Å². The fraction of sp³-hybridized carbons (Fsp3) is 0.286. The van der Waals surface area contributed by atoms with E-state index in [4.69, 9.17) is 4.74 Å². The lowest BCUT2D eigenvalue weighted by molar-refractivity contribution is -0.147. The van der Waals surface area contributed by atoms with Crippen LogP contribution in [0.2, 0.25) is 0 Å². The van der Waals surface area contributed by atoms with Crippen LogP contribution < -0.4 is 4.74 Å². The van der Waals surface area contributed by atoms with E-state index in [9.17, 15) is 18.0 Å². The summed E-state index contributed by atoms with van der Waals surface area (Å²) in [5.74, 6) is -0.979. The van der Waals surface area contributed by atoms with Gasteiger partial charge in [0.2, 0.25) is 5.82 Å². The van der Waals surface area contributed by atoms with E-state index in [0.717, 1.165) is 10.8 Å². The number of ether oxygens (including phenoxy) is 1. The fourth-order valence-corrected chi connectivity index (χ4v) is 2.18. The van der Waals surface area contributed by atoms with Crippen molar-refractivity contribution in [3.05, 3.63) is 47.5 Å². The van der Waals surface area contributed by atoms with Gasteiger partial charge in [0.25, 0.3) is 0 Å². The SMILES string of the molecule is COc1ccc(Cn2cc(C(=O)CBr)nc2C(F)(F)F)cc1. The standard InChI is InChI=1S/C14H12BrF3N2O2/c1-22-10-4-2-9(3-5-10)7-20-8-11(12(21)6-15)19-13(20)14(16,17)18/h2-5,8H,6-7H2,1H3. The van der Waals surface area contributed by atoms with Gasteiger partial charge in [-0.2, -0.15) is 13.2 Å². The van der Waals surface area contributed by atoms with E-state index in [1.165, 1.54) is 7.11 Å². The summed E-state index contributed by atoms with van der Waals surface area (Å²) in [7, 11) is 1.50. The third-order valence-corrected chi connectivity index (χ3v) is 3.46. The van der Waals surface area contributed by atoms with Crippen LogP contribution in [0.3, 0.4) is 0 Å². The van der Waals surface area contributed by atoms with Crippen LogP contribution in [0.25, 0.3) is 0 Å². The molecule has 0 saturated carbocycles. The summed E-state index contributed by atoms with van der Waals surface area (Å²) < 4.78 is 45.0. The molecule has 0 spiro atoms. The number of methoxy groups -OCH3 is 1. The molecule has 0 N–H and O–H groups in total. The molecule has 22 heavy (non-hydrogen) atoms.